The molecule has 0 fully saturated rings. The molecule has 0 spiro atoms. The number of nitrogens with one attached hydrogen (secondary N) is 2. The van der Waals surface area contributed by atoms with Crippen LogP contribution in [-0.2, 0) is 24.3 Å². The topological polar surface area (TPSA) is 128 Å². The minimum absolute atomic E-state index is 0.0539. The normalized spacial score (nSPS) is 12.6. The maximum Gasteiger partial charge on any atom is 0.324 e. The summed E-state index contributed by atoms with van der Waals surface area (Å²) >= 11 is 0. The van der Waals surface area contributed by atoms with Gasteiger partial charge in [0.2, 0.25) is 10.0 Å². The fourth-order valence-electron chi connectivity index (χ4n) is 2.40. The van der Waals surface area contributed by atoms with Gasteiger partial charge in [0, 0.05) is 6.07 Å². The van der Waals surface area contributed by atoms with Crippen LogP contribution in [0.2, 0.25) is 0 Å². The van der Waals surface area contributed by atoms with Gasteiger partial charge in [-0.05, 0) is 49.9 Å². The van der Waals surface area contributed by atoms with Crippen LogP contribution in [-0.4, -0.2) is 38.1 Å². The maximum atomic E-state index is 12.7. The molecule has 2 rings (SSSR count). The molecule has 2 aromatic rings. The Morgan fingerprint density at radius 2 is 1.83 bits per heavy atom. The summed E-state index contributed by atoms with van der Waals surface area (Å²) < 4.78 is 37.5. The van der Waals surface area contributed by atoms with Crippen molar-refractivity contribution >= 4 is 27.7 Å². The van der Waals surface area contributed by atoms with Crippen LogP contribution in [0.3, 0.4) is 0 Å². The highest BCUT2D eigenvalue weighted by atomic mass is 32.2. The molecule has 158 valence electrons. The minimum atomic E-state index is -3.95. The van der Waals surface area contributed by atoms with Crippen molar-refractivity contribution in [2.75, 3.05) is 11.9 Å². The lowest BCUT2D eigenvalue weighted by Gasteiger charge is -2.21. The molecule has 0 aliphatic carbocycles. The molecule has 1 amide bonds. The zero-order chi connectivity index (χ0) is 21.8. The number of carbonyl (C=O) groups is 2. The van der Waals surface area contributed by atoms with Gasteiger partial charge >= 0.3 is 5.97 Å². The van der Waals surface area contributed by atoms with Crippen LogP contribution in [0.25, 0.3) is 0 Å². The molecule has 0 unspecified atom stereocenters. The second kappa shape index (κ2) is 9.19. The zero-order valence-corrected chi connectivity index (χ0v) is 17.8. The summed E-state index contributed by atoms with van der Waals surface area (Å²) in [5, 5.41) is 6.01. The average Bonchev–Trinajstić information content (AvgIpc) is 3.04. The van der Waals surface area contributed by atoms with Gasteiger partial charge in [-0.2, -0.15) is 4.72 Å². The summed E-state index contributed by atoms with van der Waals surface area (Å²) in [6, 6.07) is 5.06. The fraction of sp³-hybridized carbons (Fsp3) is 0.421. The number of aryl methyl sites for hydroxylation is 3. The number of benzene rings is 1. The van der Waals surface area contributed by atoms with Gasteiger partial charge in [0.05, 0.1) is 4.90 Å². The Morgan fingerprint density at radius 3 is 2.38 bits per heavy atom. The van der Waals surface area contributed by atoms with E-state index >= 15 is 0 Å². The van der Waals surface area contributed by atoms with Crippen molar-refractivity contribution in [1.29, 1.82) is 0 Å². The smallest absolute Gasteiger partial charge is 0.324 e. The van der Waals surface area contributed by atoms with Crippen LogP contribution < -0.4 is 10.0 Å². The molecule has 29 heavy (non-hydrogen) atoms. The highest BCUT2D eigenvalue weighted by Crippen LogP contribution is 2.17. The van der Waals surface area contributed by atoms with E-state index in [2.05, 4.69) is 15.2 Å². The SMILES string of the molecule is Cc1cc(NC(=O)COC(=O)[C@H](NS(=O)(=O)c2ccc(C)c(C)c2)C(C)C)no1. The van der Waals surface area contributed by atoms with Gasteiger partial charge in [-0.25, -0.2) is 8.42 Å². The Labute approximate surface area is 169 Å². The third-order valence-corrected chi connectivity index (χ3v) is 5.67. The van der Waals surface area contributed by atoms with E-state index in [0.717, 1.165) is 11.1 Å². The summed E-state index contributed by atoms with van der Waals surface area (Å²) in [5.74, 6) is -1.16. The number of amides is 1. The third-order valence-electron chi connectivity index (χ3n) is 4.23. The molecule has 0 aliphatic heterocycles. The Hall–Kier alpha value is -2.72. The lowest BCUT2D eigenvalue weighted by Crippen LogP contribution is -2.45. The number of carbonyl (C=O) groups excluding carboxylic acids is 2. The Kier molecular flexibility index (Phi) is 7.15. The maximum absolute atomic E-state index is 12.7. The molecule has 1 heterocycles. The molecule has 1 aromatic carbocycles. The highest BCUT2D eigenvalue weighted by molar-refractivity contribution is 7.89. The van der Waals surface area contributed by atoms with Crippen molar-refractivity contribution in [3.63, 3.8) is 0 Å². The Balaban J connectivity index is 2.03. The molecule has 0 radical (unpaired) electrons. The van der Waals surface area contributed by atoms with Gasteiger partial charge in [-0.15, -0.1) is 0 Å². The molecule has 1 atom stereocenters. The number of aromatic nitrogens is 1. The van der Waals surface area contributed by atoms with Crippen LogP contribution in [0.15, 0.2) is 33.7 Å². The van der Waals surface area contributed by atoms with Crippen molar-refractivity contribution in [1.82, 2.24) is 9.88 Å². The zero-order valence-electron chi connectivity index (χ0n) is 17.0. The van der Waals surface area contributed by atoms with Crippen molar-refractivity contribution in [2.45, 2.75) is 45.6 Å². The van der Waals surface area contributed by atoms with Gasteiger partial charge in [0.25, 0.3) is 5.91 Å². The summed E-state index contributed by atoms with van der Waals surface area (Å²) in [6.07, 6.45) is 0. The lowest BCUT2D eigenvalue weighted by atomic mass is 10.1. The van der Waals surface area contributed by atoms with E-state index in [-0.39, 0.29) is 10.7 Å². The Bertz CT molecular complexity index is 997. The van der Waals surface area contributed by atoms with Gasteiger partial charge in [0.1, 0.15) is 11.8 Å². The summed E-state index contributed by atoms with van der Waals surface area (Å²) in [7, 11) is -3.95. The monoisotopic (exact) mass is 423 g/mol. The predicted octanol–water partition coefficient (Wildman–Crippen LogP) is 2.08. The van der Waals surface area contributed by atoms with E-state index in [1.165, 1.54) is 18.2 Å². The quantitative estimate of drug-likeness (QED) is 0.622. The number of nitrogens with zero attached hydrogens (tertiary/aromatic N) is 1. The van der Waals surface area contributed by atoms with Crippen LogP contribution in [0, 0.1) is 26.7 Å². The average molecular weight is 423 g/mol. The summed E-state index contributed by atoms with van der Waals surface area (Å²) in [5.41, 5.74) is 1.77. The number of hydrogen-bond acceptors (Lipinski definition) is 7. The highest BCUT2D eigenvalue weighted by Gasteiger charge is 2.30. The molecule has 2 N–H and O–H groups in total. The lowest BCUT2D eigenvalue weighted by molar-refractivity contribution is -0.150. The summed E-state index contributed by atoms with van der Waals surface area (Å²) in [6.45, 7) is 8.10. The first kappa shape index (κ1) is 22.6. The van der Waals surface area contributed by atoms with E-state index in [0.29, 0.717) is 5.76 Å². The number of esters is 1. The van der Waals surface area contributed by atoms with Gasteiger partial charge in [-0.1, -0.05) is 25.1 Å². The standard InChI is InChI=1S/C19H25N3O6S/c1-11(2)18(22-29(25,26)15-7-6-12(3)13(4)8-15)19(24)27-10-17(23)20-16-9-14(5)28-21-16/h6-9,11,18,22H,10H2,1-5H3,(H,20,21,23)/t18-/m1/s1. The molecular formula is C19H25N3O6S. The van der Waals surface area contributed by atoms with E-state index in [1.807, 2.05) is 6.92 Å². The van der Waals surface area contributed by atoms with Crippen molar-refractivity contribution in [2.24, 2.45) is 5.92 Å². The minimum Gasteiger partial charge on any atom is -0.454 e. The largest absolute Gasteiger partial charge is 0.454 e. The first-order valence-electron chi connectivity index (χ1n) is 8.99. The number of hydrogen-bond donors (Lipinski definition) is 2. The van der Waals surface area contributed by atoms with E-state index in [4.69, 9.17) is 9.26 Å². The first-order chi connectivity index (χ1) is 13.5. The van der Waals surface area contributed by atoms with Crippen molar-refractivity contribution < 1.29 is 27.3 Å². The molecule has 10 heteroatoms. The van der Waals surface area contributed by atoms with Crippen molar-refractivity contribution in [3.05, 3.63) is 41.2 Å². The van der Waals surface area contributed by atoms with Gasteiger partial charge < -0.3 is 14.6 Å². The Morgan fingerprint density at radius 1 is 1.14 bits per heavy atom. The van der Waals surface area contributed by atoms with E-state index in [1.54, 1.807) is 33.8 Å². The first-order valence-corrected chi connectivity index (χ1v) is 10.5. The fourth-order valence-corrected chi connectivity index (χ4v) is 3.82. The van der Waals surface area contributed by atoms with Gasteiger partial charge in [-0.3, -0.25) is 9.59 Å². The molecule has 0 aliphatic rings. The molecule has 0 saturated heterocycles. The van der Waals surface area contributed by atoms with E-state index < -0.39 is 40.5 Å². The van der Waals surface area contributed by atoms with Gasteiger partial charge in [0.15, 0.2) is 12.4 Å². The second-order valence-corrected chi connectivity index (χ2v) is 8.78. The van der Waals surface area contributed by atoms with Crippen LogP contribution in [0.4, 0.5) is 5.82 Å². The number of sulfonamides is 1. The number of rotatable bonds is 8. The molecular weight excluding hydrogens is 398 g/mol. The van der Waals surface area contributed by atoms with Crippen LogP contribution in [0.1, 0.15) is 30.7 Å². The summed E-state index contributed by atoms with van der Waals surface area (Å²) in [4.78, 5) is 24.4. The second-order valence-electron chi connectivity index (χ2n) is 7.07. The molecule has 0 saturated carbocycles. The third kappa shape index (κ3) is 6.13. The molecule has 0 bridgehead atoms. The van der Waals surface area contributed by atoms with Crippen molar-refractivity contribution in [3.8, 4) is 0 Å². The predicted molar refractivity (Wildman–Crippen MR) is 106 cm³/mol. The van der Waals surface area contributed by atoms with Crippen LogP contribution in [0.5, 0.6) is 0 Å². The van der Waals surface area contributed by atoms with E-state index in [9.17, 15) is 18.0 Å². The molecule has 1 aromatic heterocycles. The number of anilines is 1. The number of ether oxygens (including phenoxy) is 1. The van der Waals surface area contributed by atoms with Crippen LogP contribution >= 0.6 is 0 Å². The molecule has 9 nitrogen and oxygen atoms in total.